The molecule has 0 radical (unpaired) electrons. The lowest BCUT2D eigenvalue weighted by Gasteiger charge is -2.20. The number of ether oxygens (including phenoxy) is 1. The maximum atomic E-state index is 12.9. The molecule has 1 amide bonds. The van der Waals surface area contributed by atoms with Crippen LogP contribution in [0.3, 0.4) is 0 Å². The van der Waals surface area contributed by atoms with Gasteiger partial charge in [-0.2, -0.15) is 0 Å². The fraction of sp³-hybridized carbons (Fsp3) is 0.231. The van der Waals surface area contributed by atoms with Crippen molar-refractivity contribution in [3.63, 3.8) is 0 Å². The van der Waals surface area contributed by atoms with Crippen LogP contribution in [-0.2, 0) is 19.5 Å². The normalized spacial score (nSPS) is 10.9. The molecule has 0 aliphatic rings. The van der Waals surface area contributed by atoms with E-state index in [4.69, 9.17) is 21.3 Å². The van der Waals surface area contributed by atoms with Crippen molar-refractivity contribution in [2.24, 2.45) is 0 Å². The number of carbonyl (C=O) groups is 1. The molecule has 2 aromatic carbocycles. The van der Waals surface area contributed by atoms with E-state index in [0.717, 1.165) is 40.5 Å². The molecule has 6 nitrogen and oxygen atoms in total. The molecule has 33 heavy (non-hydrogen) atoms. The Labute approximate surface area is 198 Å². The third-order valence-electron chi connectivity index (χ3n) is 5.59. The van der Waals surface area contributed by atoms with Crippen LogP contribution in [0.15, 0.2) is 66.9 Å². The number of anilines is 1. The zero-order valence-corrected chi connectivity index (χ0v) is 19.8. The fourth-order valence-electron chi connectivity index (χ4n) is 3.92. The third kappa shape index (κ3) is 4.96. The minimum absolute atomic E-state index is 0.152. The van der Waals surface area contributed by atoms with Crippen LogP contribution in [0, 0.1) is 0 Å². The highest BCUT2D eigenvalue weighted by atomic mass is 35.5. The molecule has 0 saturated heterocycles. The van der Waals surface area contributed by atoms with Crippen molar-refractivity contribution in [2.45, 2.75) is 26.4 Å². The fourth-order valence-corrected chi connectivity index (χ4v) is 4.05. The Balaban J connectivity index is 1.59. The van der Waals surface area contributed by atoms with Gasteiger partial charge in [-0.1, -0.05) is 48.9 Å². The molecule has 0 atom stereocenters. The van der Waals surface area contributed by atoms with E-state index in [9.17, 15) is 4.79 Å². The number of pyridine rings is 1. The number of amides is 1. The Kier molecular flexibility index (Phi) is 6.84. The summed E-state index contributed by atoms with van der Waals surface area (Å²) in [6, 6.07) is 19.2. The smallest absolute Gasteiger partial charge is 0.253 e. The van der Waals surface area contributed by atoms with Gasteiger partial charge < -0.3 is 15.0 Å². The number of carbonyl (C=O) groups excluding carboxylic acids is 1. The number of para-hydroxylation sites is 1. The van der Waals surface area contributed by atoms with Crippen LogP contribution in [0.1, 0.15) is 34.1 Å². The molecule has 1 N–H and O–H groups in total. The number of methoxy groups -OCH3 is 1. The monoisotopic (exact) mass is 462 g/mol. The number of rotatable bonds is 8. The predicted molar refractivity (Wildman–Crippen MR) is 132 cm³/mol. The van der Waals surface area contributed by atoms with Gasteiger partial charge >= 0.3 is 0 Å². The highest BCUT2D eigenvalue weighted by molar-refractivity contribution is 6.30. The number of benzene rings is 2. The molecule has 4 rings (SSSR count). The Morgan fingerprint density at radius 3 is 2.61 bits per heavy atom. The lowest BCUT2D eigenvalue weighted by molar-refractivity contribution is 0.0950. The van der Waals surface area contributed by atoms with E-state index in [1.807, 2.05) is 78.3 Å². The van der Waals surface area contributed by atoms with Gasteiger partial charge in [0.15, 0.2) is 0 Å². The molecule has 0 aliphatic carbocycles. The van der Waals surface area contributed by atoms with Gasteiger partial charge in [0, 0.05) is 36.9 Å². The number of fused-ring (bicyclic) bond motifs is 1. The molecular formula is C26H27ClN4O2. The van der Waals surface area contributed by atoms with Crippen molar-refractivity contribution in [1.82, 2.24) is 14.7 Å². The maximum absolute atomic E-state index is 12.9. The van der Waals surface area contributed by atoms with E-state index in [-0.39, 0.29) is 5.91 Å². The summed E-state index contributed by atoms with van der Waals surface area (Å²) in [6.45, 7) is 3.17. The number of halogens is 1. The Bertz CT molecular complexity index is 1270. The maximum Gasteiger partial charge on any atom is 0.253 e. The topological polar surface area (TPSA) is 58.9 Å². The summed E-state index contributed by atoms with van der Waals surface area (Å²) < 4.78 is 7.37. The van der Waals surface area contributed by atoms with E-state index in [0.29, 0.717) is 23.7 Å². The Morgan fingerprint density at radius 1 is 1.12 bits per heavy atom. The predicted octanol–water partition coefficient (Wildman–Crippen LogP) is 5.13. The number of nitrogens with one attached hydrogen (secondary N) is 1. The second kappa shape index (κ2) is 9.96. The van der Waals surface area contributed by atoms with Crippen molar-refractivity contribution in [3.05, 3.63) is 94.3 Å². The number of hydrogen-bond acceptors (Lipinski definition) is 4. The summed E-state index contributed by atoms with van der Waals surface area (Å²) in [4.78, 5) is 19.9. The van der Waals surface area contributed by atoms with Crippen molar-refractivity contribution in [3.8, 4) is 5.75 Å². The number of hydrogen-bond donors (Lipinski definition) is 1. The molecule has 0 saturated carbocycles. The second-order valence-electron chi connectivity index (χ2n) is 7.86. The summed E-state index contributed by atoms with van der Waals surface area (Å²) in [5.74, 6) is 1.57. The van der Waals surface area contributed by atoms with Crippen LogP contribution in [0.2, 0.25) is 5.02 Å². The molecule has 4 aromatic rings. The largest absolute Gasteiger partial charge is 0.496 e. The van der Waals surface area contributed by atoms with Crippen LogP contribution < -0.4 is 15.0 Å². The van der Waals surface area contributed by atoms with Gasteiger partial charge in [-0.05, 0) is 42.3 Å². The summed E-state index contributed by atoms with van der Waals surface area (Å²) in [7, 11) is 3.66. The lowest BCUT2D eigenvalue weighted by atomic mass is 10.2. The average molecular weight is 463 g/mol. The third-order valence-corrected chi connectivity index (χ3v) is 5.84. The number of imidazole rings is 1. The van der Waals surface area contributed by atoms with Gasteiger partial charge in [-0.15, -0.1) is 0 Å². The number of aromatic nitrogens is 2. The molecule has 0 bridgehead atoms. The van der Waals surface area contributed by atoms with E-state index in [1.54, 1.807) is 7.11 Å². The van der Waals surface area contributed by atoms with Crippen molar-refractivity contribution < 1.29 is 9.53 Å². The SMILES string of the molecule is CCc1nc2ccc(C(=O)NCc3ccccc3OC)cn2c1N(C)Cc1ccc(Cl)cc1. The van der Waals surface area contributed by atoms with Gasteiger partial charge in [0.25, 0.3) is 5.91 Å². The van der Waals surface area contributed by atoms with Crippen LogP contribution >= 0.6 is 11.6 Å². The first-order valence-electron chi connectivity index (χ1n) is 10.9. The van der Waals surface area contributed by atoms with E-state index in [1.165, 1.54) is 0 Å². The first kappa shape index (κ1) is 22.7. The first-order chi connectivity index (χ1) is 16.0. The van der Waals surface area contributed by atoms with Crippen molar-refractivity contribution >= 4 is 29.0 Å². The number of nitrogens with zero attached hydrogens (tertiary/aromatic N) is 3. The highest BCUT2D eigenvalue weighted by Crippen LogP contribution is 2.25. The minimum Gasteiger partial charge on any atom is -0.496 e. The highest BCUT2D eigenvalue weighted by Gasteiger charge is 2.17. The van der Waals surface area contributed by atoms with Crippen LogP contribution in [-0.4, -0.2) is 29.4 Å². The van der Waals surface area contributed by atoms with Crippen LogP contribution in [0.5, 0.6) is 5.75 Å². The van der Waals surface area contributed by atoms with Gasteiger partial charge in [-0.25, -0.2) is 4.98 Å². The minimum atomic E-state index is -0.152. The standard InChI is InChI=1S/C26H27ClN4O2/c1-4-22-26(30(2)16-18-9-12-21(27)13-10-18)31-17-20(11-14-24(31)29-22)25(32)28-15-19-7-5-6-8-23(19)33-3/h5-14,17H,4,15-16H2,1-3H3,(H,28,32). The summed E-state index contributed by atoms with van der Waals surface area (Å²) in [5.41, 5.74) is 4.43. The molecule has 0 aliphatic heterocycles. The molecule has 0 spiro atoms. The van der Waals surface area contributed by atoms with E-state index >= 15 is 0 Å². The lowest BCUT2D eigenvalue weighted by Crippen LogP contribution is -2.24. The van der Waals surface area contributed by atoms with E-state index in [2.05, 4.69) is 17.1 Å². The van der Waals surface area contributed by atoms with Crippen molar-refractivity contribution in [1.29, 1.82) is 0 Å². The molecular weight excluding hydrogens is 436 g/mol. The quantitative estimate of drug-likeness (QED) is 0.394. The number of aryl methyl sites for hydroxylation is 1. The molecule has 7 heteroatoms. The second-order valence-corrected chi connectivity index (χ2v) is 8.30. The summed E-state index contributed by atoms with van der Waals surface area (Å²) in [6.07, 6.45) is 2.64. The van der Waals surface area contributed by atoms with E-state index < -0.39 is 0 Å². The first-order valence-corrected chi connectivity index (χ1v) is 11.2. The molecule has 2 heterocycles. The van der Waals surface area contributed by atoms with Gasteiger partial charge in [0.05, 0.1) is 18.4 Å². The summed E-state index contributed by atoms with van der Waals surface area (Å²) >= 11 is 6.03. The van der Waals surface area contributed by atoms with Crippen LogP contribution in [0.25, 0.3) is 5.65 Å². The molecule has 0 fully saturated rings. The summed E-state index contributed by atoms with van der Waals surface area (Å²) in [5, 5.41) is 3.71. The molecule has 170 valence electrons. The van der Waals surface area contributed by atoms with Crippen molar-refractivity contribution in [2.75, 3.05) is 19.1 Å². The van der Waals surface area contributed by atoms with Gasteiger partial charge in [0.1, 0.15) is 17.2 Å². The van der Waals surface area contributed by atoms with Gasteiger partial charge in [0.2, 0.25) is 0 Å². The average Bonchev–Trinajstić information content (AvgIpc) is 3.22. The zero-order chi connectivity index (χ0) is 23.4. The van der Waals surface area contributed by atoms with Crippen LogP contribution in [0.4, 0.5) is 5.82 Å². The Morgan fingerprint density at radius 2 is 1.88 bits per heavy atom. The Hall–Kier alpha value is -3.51. The zero-order valence-electron chi connectivity index (χ0n) is 19.0. The molecule has 0 unspecified atom stereocenters. The van der Waals surface area contributed by atoms with Gasteiger partial charge in [-0.3, -0.25) is 9.20 Å². The molecule has 2 aromatic heterocycles.